The van der Waals surface area contributed by atoms with E-state index in [1.807, 2.05) is 30.3 Å². The molecule has 0 spiro atoms. The van der Waals surface area contributed by atoms with Crippen LogP contribution in [0.4, 0.5) is 5.00 Å². The minimum atomic E-state index is 0. The van der Waals surface area contributed by atoms with E-state index in [1.165, 1.54) is 11.3 Å². The third-order valence-electron chi connectivity index (χ3n) is 3.28. The second-order valence-electron chi connectivity index (χ2n) is 4.58. The summed E-state index contributed by atoms with van der Waals surface area (Å²) in [7, 11) is 0. The molecule has 1 aromatic heterocycles. The van der Waals surface area contributed by atoms with Gasteiger partial charge in [-0.25, -0.2) is 4.98 Å². The van der Waals surface area contributed by atoms with E-state index in [2.05, 4.69) is 15.6 Å². The Morgan fingerprint density at radius 2 is 2.15 bits per heavy atom. The molecule has 0 saturated carbocycles. The molecule has 2 heterocycles. The van der Waals surface area contributed by atoms with Crippen molar-refractivity contribution in [2.75, 3.05) is 18.4 Å². The number of carbonyl (C=O) groups is 1. The number of benzene rings is 1. The van der Waals surface area contributed by atoms with Crippen LogP contribution < -0.4 is 10.6 Å². The average molecular weight is 310 g/mol. The zero-order valence-corrected chi connectivity index (χ0v) is 12.5. The summed E-state index contributed by atoms with van der Waals surface area (Å²) in [5.74, 6) is 0.164. The second-order valence-corrected chi connectivity index (χ2v) is 5.43. The summed E-state index contributed by atoms with van der Waals surface area (Å²) in [6, 6.07) is 9.92. The first-order valence-corrected chi connectivity index (χ1v) is 7.23. The second kappa shape index (κ2) is 6.83. The number of halogens is 1. The fourth-order valence-corrected chi connectivity index (χ4v) is 2.93. The van der Waals surface area contributed by atoms with Gasteiger partial charge in [-0.1, -0.05) is 30.3 Å². The van der Waals surface area contributed by atoms with Crippen molar-refractivity contribution < 1.29 is 4.79 Å². The van der Waals surface area contributed by atoms with E-state index in [9.17, 15) is 4.79 Å². The van der Waals surface area contributed by atoms with Crippen LogP contribution >= 0.6 is 23.7 Å². The predicted octanol–water partition coefficient (Wildman–Crippen LogP) is 2.78. The molecule has 1 fully saturated rings. The fourth-order valence-electron chi connectivity index (χ4n) is 2.23. The lowest BCUT2D eigenvalue weighted by Gasteiger charge is -2.09. The summed E-state index contributed by atoms with van der Waals surface area (Å²) in [6.45, 7) is 1.69. The van der Waals surface area contributed by atoms with E-state index >= 15 is 0 Å². The molecule has 6 heteroatoms. The Hall–Kier alpha value is -1.43. The van der Waals surface area contributed by atoms with Gasteiger partial charge in [-0.15, -0.1) is 23.7 Å². The van der Waals surface area contributed by atoms with Crippen LogP contribution in [0.3, 0.4) is 0 Å². The Kier molecular flexibility index (Phi) is 5.11. The van der Waals surface area contributed by atoms with E-state index in [-0.39, 0.29) is 24.2 Å². The molecule has 1 aliphatic rings. The number of thiazole rings is 1. The lowest BCUT2D eigenvalue weighted by molar-refractivity contribution is -0.119. The van der Waals surface area contributed by atoms with Crippen molar-refractivity contribution in [3.63, 3.8) is 0 Å². The zero-order chi connectivity index (χ0) is 13.1. The minimum Gasteiger partial charge on any atom is -0.316 e. The number of nitrogens with zero attached hydrogens (tertiary/aromatic N) is 1. The first-order valence-electron chi connectivity index (χ1n) is 6.35. The average Bonchev–Trinajstić information content (AvgIpc) is 3.11. The van der Waals surface area contributed by atoms with Gasteiger partial charge in [-0.2, -0.15) is 0 Å². The van der Waals surface area contributed by atoms with Gasteiger partial charge in [0.1, 0.15) is 10.7 Å². The van der Waals surface area contributed by atoms with Crippen LogP contribution in [0, 0.1) is 5.92 Å². The zero-order valence-electron chi connectivity index (χ0n) is 10.8. The summed E-state index contributed by atoms with van der Waals surface area (Å²) in [6.07, 6.45) is 0.908. The summed E-state index contributed by atoms with van der Waals surface area (Å²) in [4.78, 5) is 16.5. The van der Waals surface area contributed by atoms with Crippen molar-refractivity contribution >= 4 is 34.7 Å². The van der Waals surface area contributed by atoms with Crippen molar-refractivity contribution in [3.05, 3.63) is 35.8 Å². The molecule has 1 amide bonds. The van der Waals surface area contributed by atoms with Crippen LogP contribution in [-0.2, 0) is 4.79 Å². The number of hydrogen-bond donors (Lipinski definition) is 2. The Bertz CT molecular complexity index is 567. The maximum atomic E-state index is 12.1. The van der Waals surface area contributed by atoms with E-state index in [1.54, 1.807) is 5.51 Å². The number of carbonyl (C=O) groups excluding carboxylic acids is 1. The maximum absolute atomic E-state index is 12.1. The highest BCUT2D eigenvalue weighted by atomic mass is 35.5. The SMILES string of the molecule is Cl.O=C(Nc1scnc1-c1ccccc1)C1CCNC1. The van der Waals surface area contributed by atoms with Crippen LogP contribution in [0.15, 0.2) is 35.8 Å². The third-order valence-corrected chi connectivity index (χ3v) is 4.02. The monoisotopic (exact) mass is 309 g/mol. The molecular weight excluding hydrogens is 294 g/mol. The van der Waals surface area contributed by atoms with Crippen molar-refractivity contribution in [2.45, 2.75) is 6.42 Å². The van der Waals surface area contributed by atoms with E-state index in [0.717, 1.165) is 35.8 Å². The number of aromatic nitrogens is 1. The van der Waals surface area contributed by atoms with Crippen LogP contribution in [-0.4, -0.2) is 24.0 Å². The molecular formula is C14H16ClN3OS. The standard InChI is InChI=1S/C14H15N3OS.ClH/c18-13(11-6-7-15-8-11)17-14-12(16-9-19-14)10-4-2-1-3-5-10;/h1-5,9,11,15H,6-8H2,(H,17,18);1H. The molecule has 0 bridgehead atoms. The van der Waals surface area contributed by atoms with Crippen LogP contribution in [0.5, 0.6) is 0 Å². The van der Waals surface area contributed by atoms with Gasteiger partial charge in [0.25, 0.3) is 0 Å². The topological polar surface area (TPSA) is 54.0 Å². The first kappa shape index (κ1) is 15.0. The van der Waals surface area contributed by atoms with Crippen LogP contribution in [0.1, 0.15) is 6.42 Å². The highest BCUT2D eigenvalue weighted by Crippen LogP contribution is 2.30. The molecule has 4 nitrogen and oxygen atoms in total. The molecule has 1 saturated heterocycles. The van der Waals surface area contributed by atoms with Crippen LogP contribution in [0.25, 0.3) is 11.3 Å². The molecule has 20 heavy (non-hydrogen) atoms. The Morgan fingerprint density at radius 3 is 2.85 bits per heavy atom. The summed E-state index contributed by atoms with van der Waals surface area (Å²) < 4.78 is 0. The third kappa shape index (κ3) is 3.17. The van der Waals surface area contributed by atoms with Crippen molar-refractivity contribution in [1.82, 2.24) is 10.3 Å². The van der Waals surface area contributed by atoms with Crippen molar-refractivity contribution in [3.8, 4) is 11.3 Å². The Labute approximate surface area is 128 Å². The highest BCUT2D eigenvalue weighted by molar-refractivity contribution is 7.14. The molecule has 1 aliphatic heterocycles. The normalized spacial score (nSPS) is 17.5. The largest absolute Gasteiger partial charge is 0.316 e. The number of nitrogens with one attached hydrogen (secondary N) is 2. The van der Waals surface area contributed by atoms with E-state index in [0.29, 0.717) is 0 Å². The maximum Gasteiger partial charge on any atom is 0.229 e. The molecule has 3 rings (SSSR count). The molecule has 2 N–H and O–H groups in total. The molecule has 1 unspecified atom stereocenters. The summed E-state index contributed by atoms with van der Waals surface area (Å²) >= 11 is 1.47. The molecule has 1 atom stereocenters. The summed E-state index contributed by atoms with van der Waals surface area (Å²) in [5.41, 5.74) is 3.65. The lowest BCUT2D eigenvalue weighted by atomic mass is 10.1. The van der Waals surface area contributed by atoms with E-state index in [4.69, 9.17) is 0 Å². The molecule has 2 aromatic rings. The molecule has 0 radical (unpaired) electrons. The molecule has 106 valence electrons. The number of anilines is 1. The van der Waals surface area contributed by atoms with Crippen molar-refractivity contribution in [2.24, 2.45) is 5.92 Å². The van der Waals surface area contributed by atoms with Gasteiger partial charge in [-0.3, -0.25) is 4.79 Å². The van der Waals surface area contributed by atoms with Crippen molar-refractivity contribution in [1.29, 1.82) is 0 Å². The number of hydrogen-bond acceptors (Lipinski definition) is 4. The molecule has 0 aliphatic carbocycles. The Balaban J connectivity index is 0.00000147. The van der Waals surface area contributed by atoms with Gasteiger partial charge in [-0.05, 0) is 13.0 Å². The Morgan fingerprint density at radius 1 is 1.35 bits per heavy atom. The number of rotatable bonds is 3. The van der Waals surface area contributed by atoms with Gasteiger partial charge >= 0.3 is 0 Å². The van der Waals surface area contributed by atoms with Gasteiger partial charge < -0.3 is 10.6 Å². The smallest absolute Gasteiger partial charge is 0.229 e. The van der Waals surface area contributed by atoms with Crippen LogP contribution in [0.2, 0.25) is 0 Å². The van der Waals surface area contributed by atoms with Gasteiger partial charge in [0.05, 0.1) is 11.4 Å². The summed E-state index contributed by atoms with van der Waals surface area (Å²) in [5, 5.41) is 7.05. The quantitative estimate of drug-likeness (QED) is 0.916. The van der Waals surface area contributed by atoms with Gasteiger partial charge in [0.2, 0.25) is 5.91 Å². The number of amides is 1. The molecule has 1 aromatic carbocycles. The highest BCUT2D eigenvalue weighted by Gasteiger charge is 2.23. The van der Waals surface area contributed by atoms with Gasteiger partial charge in [0, 0.05) is 12.1 Å². The fraction of sp³-hybridized carbons (Fsp3) is 0.286. The lowest BCUT2D eigenvalue weighted by Crippen LogP contribution is -2.24. The predicted molar refractivity (Wildman–Crippen MR) is 84.4 cm³/mol. The first-order chi connectivity index (χ1) is 9.34. The van der Waals surface area contributed by atoms with Gasteiger partial charge in [0.15, 0.2) is 0 Å². The van der Waals surface area contributed by atoms with E-state index < -0.39 is 0 Å². The minimum absolute atomic E-state index is 0.